The molecule has 0 spiro atoms. The van der Waals surface area contributed by atoms with E-state index in [0.29, 0.717) is 16.3 Å². The molecule has 2 aromatic carbocycles. The Bertz CT molecular complexity index is 545. The van der Waals surface area contributed by atoms with E-state index in [1.807, 2.05) is 12.1 Å². The number of aliphatic hydroxyl groups is 1. The molecule has 1 unspecified atom stereocenters. The van der Waals surface area contributed by atoms with Gasteiger partial charge in [0.15, 0.2) is 0 Å². The molecule has 4 heteroatoms. The lowest BCUT2D eigenvalue weighted by atomic mass is 10.0. The molecule has 0 amide bonds. The van der Waals surface area contributed by atoms with Crippen molar-refractivity contribution in [2.45, 2.75) is 6.10 Å². The standard InChI is InChI=1S/C13H11BrClNO/c14-11-7-8(16)5-6-9(11)13(17)10-3-1-2-4-12(10)15/h1-7,13,17H,16H2. The third-order valence-electron chi connectivity index (χ3n) is 2.52. The van der Waals surface area contributed by atoms with Crippen LogP contribution in [0.15, 0.2) is 46.9 Å². The smallest absolute Gasteiger partial charge is 0.107 e. The monoisotopic (exact) mass is 311 g/mol. The van der Waals surface area contributed by atoms with Gasteiger partial charge in [0.05, 0.1) is 0 Å². The van der Waals surface area contributed by atoms with Crippen molar-refractivity contribution >= 4 is 33.2 Å². The van der Waals surface area contributed by atoms with Crippen LogP contribution >= 0.6 is 27.5 Å². The number of hydrogen-bond acceptors (Lipinski definition) is 2. The van der Waals surface area contributed by atoms with Gasteiger partial charge in [-0.3, -0.25) is 0 Å². The topological polar surface area (TPSA) is 46.2 Å². The second-order valence-corrected chi connectivity index (χ2v) is 4.97. The molecule has 0 aromatic heterocycles. The Balaban J connectivity index is 2.44. The summed E-state index contributed by atoms with van der Waals surface area (Å²) in [4.78, 5) is 0. The molecule has 0 aliphatic rings. The zero-order valence-electron chi connectivity index (χ0n) is 8.90. The van der Waals surface area contributed by atoms with Crippen LogP contribution in [0.4, 0.5) is 5.69 Å². The minimum atomic E-state index is -0.765. The largest absolute Gasteiger partial charge is 0.399 e. The Kier molecular flexibility index (Phi) is 3.72. The molecule has 17 heavy (non-hydrogen) atoms. The minimum absolute atomic E-state index is 0.545. The first-order chi connectivity index (χ1) is 8.09. The zero-order chi connectivity index (χ0) is 12.4. The number of nitrogen functional groups attached to an aromatic ring is 1. The molecular weight excluding hydrogens is 302 g/mol. The molecule has 2 aromatic rings. The Hall–Kier alpha value is -1.03. The van der Waals surface area contributed by atoms with Crippen LogP contribution in [0, 0.1) is 0 Å². The highest BCUT2D eigenvalue weighted by molar-refractivity contribution is 9.10. The quantitative estimate of drug-likeness (QED) is 0.829. The molecule has 2 rings (SSSR count). The lowest BCUT2D eigenvalue weighted by Crippen LogP contribution is -2.02. The van der Waals surface area contributed by atoms with Gasteiger partial charge in [-0.2, -0.15) is 0 Å². The molecule has 0 aliphatic carbocycles. The Morgan fingerprint density at radius 2 is 1.82 bits per heavy atom. The summed E-state index contributed by atoms with van der Waals surface area (Å²) < 4.78 is 0.768. The van der Waals surface area contributed by atoms with Gasteiger partial charge in [0.25, 0.3) is 0 Å². The first-order valence-electron chi connectivity index (χ1n) is 5.07. The summed E-state index contributed by atoms with van der Waals surface area (Å²) in [5.41, 5.74) is 7.73. The van der Waals surface area contributed by atoms with E-state index in [4.69, 9.17) is 17.3 Å². The zero-order valence-corrected chi connectivity index (χ0v) is 11.2. The van der Waals surface area contributed by atoms with E-state index in [9.17, 15) is 5.11 Å². The molecule has 0 heterocycles. The summed E-state index contributed by atoms with van der Waals surface area (Å²) >= 11 is 9.44. The van der Waals surface area contributed by atoms with Crippen molar-refractivity contribution < 1.29 is 5.11 Å². The molecular formula is C13H11BrClNO. The third-order valence-corrected chi connectivity index (χ3v) is 3.55. The van der Waals surface area contributed by atoms with Gasteiger partial charge < -0.3 is 10.8 Å². The number of nitrogens with two attached hydrogens (primary N) is 1. The predicted molar refractivity (Wildman–Crippen MR) is 74.1 cm³/mol. The first-order valence-corrected chi connectivity index (χ1v) is 6.24. The van der Waals surface area contributed by atoms with Crippen LogP contribution in [-0.4, -0.2) is 5.11 Å². The maximum absolute atomic E-state index is 10.3. The maximum atomic E-state index is 10.3. The van der Waals surface area contributed by atoms with Gasteiger partial charge in [0.2, 0.25) is 0 Å². The number of rotatable bonds is 2. The summed E-state index contributed by atoms with van der Waals surface area (Å²) in [5.74, 6) is 0. The van der Waals surface area contributed by atoms with Crippen molar-refractivity contribution in [3.05, 3.63) is 63.1 Å². The fourth-order valence-corrected chi connectivity index (χ4v) is 2.48. The van der Waals surface area contributed by atoms with Crippen molar-refractivity contribution in [3.63, 3.8) is 0 Å². The van der Waals surface area contributed by atoms with Crippen molar-refractivity contribution in [2.75, 3.05) is 5.73 Å². The lowest BCUT2D eigenvalue weighted by molar-refractivity contribution is 0.219. The molecule has 0 fully saturated rings. The highest BCUT2D eigenvalue weighted by atomic mass is 79.9. The van der Waals surface area contributed by atoms with E-state index in [1.165, 1.54) is 0 Å². The highest BCUT2D eigenvalue weighted by Crippen LogP contribution is 2.33. The van der Waals surface area contributed by atoms with Crippen molar-refractivity contribution in [3.8, 4) is 0 Å². The van der Waals surface area contributed by atoms with Gasteiger partial charge >= 0.3 is 0 Å². The number of aliphatic hydroxyl groups excluding tert-OH is 1. The second-order valence-electron chi connectivity index (χ2n) is 3.70. The first kappa shape index (κ1) is 12.4. The van der Waals surface area contributed by atoms with Crippen LogP contribution < -0.4 is 5.73 Å². The van der Waals surface area contributed by atoms with E-state index in [0.717, 1.165) is 10.0 Å². The molecule has 0 saturated heterocycles. The summed E-state index contributed by atoms with van der Waals surface area (Å²) in [6.07, 6.45) is -0.765. The van der Waals surface area contributed by atoms with Gasteiger partial charge in [-0.25, -0.2) is 0 Å². The molecule has 0 radical (unpaired) electrons. The minimum Gasteiger partial charge on any atom is -0.399 e. The second kappa shape index (κ2) is 5.08. The van der Waals surface area contributed by atoms with E-state index in [1.54, 1.807) is 30.3 Å². The Labute approximate surface area is 113 Å². The molecule has 2 nitrogen and oxygen atoms in total. The summed E-state index contributed by atoms with van der Waals surface area (Å²) in [5, 5.41) is 10.8. The highest BCUT2D eigenvalue weighted by Gasteiger charge is 2.16. The number of benzene rings is 2. The Morgan fingerprint density at radius 1 is 1.12 bits per heavy atom. The summed E-state index contributed by atoms with van der Waals surface area (Å²) in [6, 6.07) is 12.5. The third kappa shape index (κ3) is 2.63. The van der Waals surface area contributed by atoms with Crippen molar-refractivity contribution in [1.82, 2.24) is 0 Å². The average Bonchev–Trinajstić information content (AvgIpc) is 2.29. The Morgan fingerprint density at radius 3 is 2.47 bits per heavy atom. The van der Waals surface area contributed by atoms with Crippen LogP contribution in [0.2, 0.25) is 5.02 Å². The van der Waals surface area contributed by atoms with Crippen molar-refractivity contribution in [2.24, 2.45) is 0 Å². The van der Waals surface area contributed by atoms with E-state index >= 15 is 0 Å². The van der Waals surface area contributed by atoms with Crippen molar-refractivity contribution in [1.29, 1.82) is 0 Å². The van der Waals surface area contributed by atoms with Gasteiger partial charge in [-0.05, 0) is 23.8 Å². The van der Waals surface area contributed by atoms with Gasteiger partial charge in [0, 0.05) is 20.7 Å². The molecule has 0 bridgehead atoms. The number of halogens is 2. The van der Waals surface area contributed by atoms with Crippen LogP contribution in [-0.2, 0) is 0 Å². The molecule has 0 saturated carbocycles. The number of hydrogen-bond donors (Lipinski definition) is 2. The molecule has 0 aliphatic heterocycles. The number of anilines is 1. The van der Waals surface area contributed by atoms with Crippen LogP contribution in [0.5, 0.6) is 0 Å². The summed E-state index contributed by atoms with van der Waals surface area (Å²) in [6.45, 7) is 0. The molecule has 3 N–H and O–H groups in total. The van der Waals surface area contributed by atoms with Crippen LogP contribution in [0.25, 0.3) is 0 Å². The SMILES string of the molecule is Nc1ccc(C(O)c2ccccc2Cl)c(Br)c1. The molecule has 88 valence electrons. The van der Waals surface area contributed by atoms with E-state index in [-0.39, 0.29) is 0 Å². The van der Waals surface area contributed by atoms with Crippen LogP contribution in [0.3, 0.4) is 0 Å². The van der Waals surface area contributed by atoms with E-state index < -0.39 is 6.10 Å². The lowest BCUT2D eigenvalue weighted by Gasteiger charge is -2.15. The fourth-order valence-electron chi connectivity index (χ4n) is 1.63. The van der Waals surface area contributed by atoms with Gasteiger partial charge in [-0.1, -0.05) is 51.8 Å². The molecule has 1 atom stereocenters. The van der Waals surface area contributed by atoms with E-state index in [2.05, 4.69) is 15.9 Å². The van der Waals surface area contributed by atoms with Gasteiger partial charge in [-0.15, -0.1) is 0 Å². The average molecular weight is 313 g/mol. The van der Waals surface area contributed by atoms with Gasteiger partial charge in [0.1, 0.15) is 6.10 Å². The summed E-state index contributed by atoms with van der Waals surface area (Å²) in [7, 11) is 0. The maximum Gasteiger partial charge on any atom is 0.107 e. The predicted octanol–water partition coefficient (Wildman–Crippen LogP) is 3.77. The van der Waals surface area contributed by atoms with Crippen LogP contribution in [0.1, 0.15) is 17.2 Å². The fraction of sp³-hybridized carbons (Fsp3) is 0.0769. The normalized spacial score (nSPS) is 12.4.